The average Bonchev–Trinajstić information content (AvgIpc) is 3.25. The maximum atomic E-state index is 12.4. The first-order chi connectivity index (χ1) is 12.3. The van der Waals surface area contributed by atoms with Gasteiger partial charge in [0.25, 0.3) is 0 Å². The molecule has 7 nitrogen and oxygen atoms in total. The van der Waals surface area contributed by atoms with Crippen molar-refractivity contribution in [3.05, 3.63) is 41.5 Å². The molecule has 0 atom stereocenters. The lowest BCUT2D eigenvalue weighted by Gasteiger charge is -2.17. The number of benzene rings is 1. The minimum absolute atomic E-state index is 0. The third-order valence-corrected chi connectivity index (χ3v) is 6.37. The van der Waals surface area contributed by atoms with Crippen molar-refractivity contribution in [3.63, 3.8) is 0 Å². The van der Waals surface area contributed by atoms with Crippen molar-refractivity contribution in [2.45, 2.75) is 62.3 Å². The van der Waals surface area contributed by atoms with E-state index in [4.69, 9.17) is 10.3 Å². The van der Waals surface area contributed by atoms with E-state index in [2.05, 4.69) is 28.7 Å². The maximum Gasteiger partial charge on any atom is 0.240 e. The summed E-state index contributed by atoms with van der Waals surface area (Å²) in [6.07, 6.45) is 4.16. The molecule has 3 N–H and O–H groups in total. The van der Waals surface area contributed by atoms with Crippen molar-refractivity contribution < 1.29 is 12.9 Å². The van der Waals surface area contributed by atoms with Gasteiger partial charge in [0, 0.05) is 13.0 Å². The van der Waals surface area contributed by atoms with Crippen LogP contribution in [0.25, 0.3) is 0 Å². The van der Waals surface area contributed by atoms with Crippen molar-refractivity contribution in [2.75, 3.05) is 6.54 Å². The number of hydrogen-bond acceptors (Lipinski definition) is 6. The molecule has 1 aromatic carbocycles. The smallest absolute Gasteiger partial charge is 0.240 e. The highest BCUT2D eigenvalue weighted by Gasteiger charge is 2.35. The standard InChI is InChI=1S/C18H26N4O3S.ClH/c1-13(2)14-5-7-15(8-6-14)26(23,24)20-12-9-16-21-17(22-25-16)18(19)10-3-4-11-18;/h5-8,13,20H,3-4,9-12,19H2,1-2H3;1H. The summed E-state index contributed by atoms with van der Waals surface area (Å²) >= 11 is 0. The molecule has 1 aliphatic carbocycles. The highest BCUT2D eigenvalue weighted by Crippen LogP contribution is 2.34. The summed E-state index contributed by atoms with van der Waals surface area (Å²) < 4.78 is 32.5. The molecule has 0 aliphatic heterocycles. The summed E-state index contributed by atoms with van der Waals surface area (Å²) in [5.41, 5.74) is 6.91. The number of sulfonamides is 1. The van der Waals surface area contributed by atoms with Crippen LogP contribution in [0.3, 0.4) is 0 Å². The van der Waals surface area contributed by atoms with Crippen molar-refractivity contribution in [1.82, 2.24) is 14.9 Å². The monoisotopic (exact) mass is 414 g/mol. The summed E-state index contributed by atoms with van der Waals surface area (Å²) in [5.74, 6) is 1.28. The second kappa shape index (κ2) is 8.68. The molecule has 9 heteroatoms. The summed E-state index contributed by atoms with van der Waals surface area (Å²) in [6, 6.07) is 6.93. The van der Waals surface area contributed by atoms with Crippen LogP contribution in [0.4, 0.5) is 0 Å². The summed E-state index contributed by atoms with van der Waals surface area (Å²) in [4.78, 5) is 4.60. The second-order valence-electron chi connectivity index (χ2n) is 7.25. The number of aromatic nitrogens is 2. The Bertz CT molecular complexity index is 844. The number of rotatable bonds is 7. The fraction of sp³-hybridized carbons (Fsp3) is 0.556. The molecule has 0 amide bonds. The molecule has 0 bridgehead atoms. The Morgan fingerprint density at radius 2 is 1.85 bits per heavy atom. The van der Waals surface area contributed by atoms with E-state index in [1.165, 1.54) is 0 Å². The van der Waals surface area contributed by atoms with E-state index in [1.54, 1.807) is 12.1 Å². The van der Waals surface area contributed by atoms with Gasteiger partial charge in [-0.15, -0.1) is 12.4 Å². The van der Waals surface area contributed by atoms with E-state index in [9.17, 15) is 8.42 Å². The molecule has 1 aromatic heterocycles. The predicted octanol–water partition coefficient (Wildman–Crippen LogP) is 2.86. The zero-order valence-corrected chi connectivity index (χ0v) is 17.3. The van der Waals surface area contributed by atoms with Crippen molar-refractivity contribution in [3.8, 4) is 0 Å². The van der Waals surface area contributed by atoms with Gasteiger partial charge in [-0.1, -0.05) is 44.0 Å². The minimum atomic E-state index is -3.56. The first kappa shape index (κ1) is 21.8. The Hall–Kier alpha value is -1.48. The van der Waals surface area contributed by atoms with Crippen LogP contribution >= 0.6 is 12.4 Å². The summed E-state index contributed by atoms with van der Waals surface area (Å²) in [5, 5.41) is 3.98. The zero-order valence-electron chi connectivity index (χ0n) is 15.6. The lowest BCUT2D eigenvalue weighted by atomic mass is 9.99. The van der Waals surface area contributed by atoms with Gasteiger partial charge in [0.1, 0.15) is 0 Å². The Labute approximate surface area is 166 Å². The van der Waals surface area contributed by atoms with E-state index in [0.29, 0.717) is 24.1 Å². The lowest BCUT2D eigenvalue weighted by Crippen LogP contribution is -2.34. The number of hydrogen-bond donors (Lipinski definition) is 2. The molecule has 1 fully saturated rings. The van der Waals surface area contributed by atoms with Gasteiger partial charge >= 0.3 is 0 Å². The largest absolute Gasteiger partial charge is 0.339 e. The maximum absolute atomic E-state index is 12.4. The van der Waals surface area contributed by atoms with Crippen LogP contribution in [0.15, 0.2) is 33.7 Å². The third kappa shape index (κ3) is 5.07. The first-order valence-corrected chi connectivity index (χ1v) is 10.5. The van der Waals surface area contributed by atoms with Crippen LogP contribution in [0.1, 0.15) is 62.7 Å². The number of halogens is 1. The topological polar surface area (TPSA) is 111 Å². The van der Waals surface area contributed by atoms with E-state index in [1.807, 2.05) is 12.1 Å². The van der Waals surface area contributed by atoms with Crippen molar-refractivity contribution in [1.29, 1.82) is 0 Å². The highest BCUT2D eigenvalue weighted by molar-refractivity contribution is 7.89. The Morgan fingerprint density at radius 1 is 1.22 bits per heavy atom. The fourth-order valence-corrected chi connectivity index (χ4v) is 4.23. The molecule has 1 heterocycles. The predicted molar refractivity (Wildman–Crippen MR) is 105 cm³/mol. The van der Waals surface area contributed by atoms with Gasteiger partial charge in [-0.25, -0.2) is 13.1 Å². The van der Waals surface area contributed by atoms with Crippen LogP contribution < -0.4 is 10.5 Å². The summed E-state index contributed by atoms with van der Waals surface area (Å²) in [7, 11) is -3.56. The summed E-state index contributed by atoms with van der Waals surface area (Å²) in [6.45, 7) is 4.32. The molecule has 0 saturated heterocycles. The molecule has 0 radical (unpaired) electrons. The Morgan fingerprint density at radius 3 is 2.44 bits per heavy atom. The molecule has 27 heavy (non-hydrogen) atoms. The van der Waals surface area contributed by atoms with Gasteiger partial charge in [0.2, 0.25) is 15.9 Å². The van der Waals surface area contributed by atoms with Crippen molar-refractivity contribution in [2.24, 2.45) is 5.73 Å². The molecule has 1 aliphatic rings. The van der Waals surface area contributed by atoms with Crippen LogP contribution in [-0.4, -0.2) is 25.1 Å². The van der Waals surface area contributed by atoms with Crippen LogP contribution in [0.5, 0.6) is 0 Å². The normalized spacial score (nSPS) is 16.4. The quantitative estimate of drug-likeness (QED) is 0.720. The van der Waals surface area contributed by atoms with Gasteiger partial charge in [0.15, 0.2) is 5.82 Å². The molecule has 150 valence electrons. The molecule has 0 unspecified atom stereocenters. The zero-order chi connectivity index (χ0) is 18.8. The van der Waals surface area contributed by atoms with Crippen LogP contribution in [0.2, 0.25) is 0 Å². The number of nitrogens with zero attached hydrogens (tertiary/aromatic N) is 2. The van der Waals surface area contributed by atoms with Crippen LogP contribution in [-0.2, 0) is 22.0 Å². The number of nitrogens with two attached hydrogens (primary N) is 1. The average molecular weight is 415 g/mol. The molecule has 2 aromatic rings. The van der Waals surface area contributed by atoms with E-state index >= 15 is 0 Å². The van der Waals surface area contributed by atoms with E-state index in [-0.39, 0.29) is 23.8 Å². The van der Waals surface area contributed by atoms with Crippen LogP contribution in [0, 0.1) is 0 Å². The van der Waals surface area contributed by atoms with Gasteiger partial charge < -0.3 is 10.3 Å². The molecular formula is C18H27ClN4O3S. The SMILES string of the molecule is CC(C)c1ccc(S(=O)(=O)NCCc2nc(C3(N)CCCC3)no2)cc1.Cl. The second-order valence-corrected chi connectivity index (χ2v) is 9.01. The van der Waals surface area contributed by atoms with E-state index < -0.39 is 15.6 Å². The molecule has 1 saturated carbocycles. The van der Waals surface area contributed by atoms with E-state index in [0.717, 1.165) is 31.2 Å². The first-order valence-electron chi connectivity index (χ1n) is 9.02. The third-order valence-electron chi connectivity index (χ3n) is 4.90. The Kier molecular flexibility index (Phi) is 7.02. The van der Waals surface area contributed by atoms with Gasteiger partial charge in [-0.05, 0) is 36.5 Å². The lowest BCUT2D eigenvalue weighted by molar-refractivity contribution is 0.348. The van der Waals surface area contributed by atoms with Gasteiger partial charge in [-0.2, -0.15) is 4.98 Å². The Balaban J connectivity index is 0.00000261. The van der Waals surface area contributed by atoms with Crippen molar-refractivity contribution >= 4 is 22.4 Å². The highest BCUT2D eigenvalue weighted by atomic mass is 35.5. The molecule has 0 spiro atoms. The molecular weight excluding hydrogens is 388 g/mol. The molecule has 3 rings (SSSR count). The van der Waals surface area contributed by atoms with Gasteiger partial charge in [-0.3, -0.25) is 0 Å². The van der Waals surface area contributed by atoms with Gasteiger partial charge in [0.05, 0.1) is 10.4 Å². The number of nitrogens with one attached hydrogen (secondary N) is 1. The fourth-order valence-electron chi connectivity index (χ4n) is 3.20. The minimum Gasteiger partial charge on any atom is -0.339 e.